The molecule has 2 aromatic rings. The van der Waals surface area contributed by atoms with Crippen molar-refractivity contribution in [1.82, 2.24) is 4.98 Å². The number of nitrogens with one attached hydrogen (secondary N) is 1. The van der Waals surface area contributed by atoms with Crippen molar-refractivity contribution < 1.29 is 8.78 Å². The van der Waals surface area contributed by atoms with Crippen LogP contribution in [-0.2, 0) is 6.42 Å². The zero-order valence-electron chi connectivity index (χ0n) is 10.8. The van der Waals surface area contributed by atoms with Crippen LogP contribution in [0.15, 0.2) is 30.5 Å². The quantitative estimate of drug-likeness (QED) is 0.854. The van der Waals surface area contributed by atoms with Gasteiger partial charge in [-0.3, -0.25) is 0 Å². The summed E-state index contributed by atoms with van der Waals surface area (Å²) in [5.74, 6) is -2.52. The van der Waals surface area contributed by atoms with Crippen LogP contribution in [-0.4, -0.2) is 16.4 Å². The standard InChI is InChI=1S/C15H18F2N2/c16-15(17)7-5-14(18,6-8-15)9-11-10-19-13-4-2-1-3-12(11)13/h1-4,10,19H,5-9,18H2. The number of rotatable bonds is 2. The van der Waals surface area contributed by atoms with E-state index < -0.39 is 11.5 Å². The Morgan fingerprint density at radius 2 is 1.79 bits per heavy atom. The van der Waals surface area contributed by atoms with Gasteiger partial charge in [0.15, 0.2) is 0 Å². The fraction of sp³-hybridized carbons (Fsp3) is 0.467. The molecular weight excluding hydrogens is 246 g/mol. The molecule has 0 aliphatic heterocycles. The molecule has 1 saturated carbocycles. The molecule has 0 amide bonds. The van der Waals surface area contributed by atoms with Crippen molar-refractivity contribution in [3.8, 4) is 0 Å². The Balaban J connectivity index is 1.81. The summed E-state index contributed by atoms with van der Waals surface area (Å²) in [6.07, 6.45) is 3.20. The van der Waals surface area contributed by atoms with Gasteiger partial charge in [0.05, 0.1) is 0 Å². The molecule has 1 heterocycles. The predicted molar refractivity (Wildman–Crippen MR) is 72.3 cm³/mol. The highest BCUT2D eigenvalue weighted by atomic mass is 19.3. The highest BCUT2D eigenvalue weighted by Gasteiger charge is 2.41. The van der Waals surface area contributed by atoms with Crippen molar-refractivity contribution in [1.29, 1.82) is 0 Å². The molecule has 1 fully saturated rings. The van der Waals surface area contributed by atoms with Crippen LogP contribution < -0.4 is 5.73 Å². The number of aromatic amines is 1. The molecule has 0 spiro atoms. The lowest BCUT2D eigenvalue weighted by Gasteiger charge is -2.37. The van der Waals surface area contributed by atoms with Gasteiger partial charge in [0.25, 0.3) is 0 Å². The Labute approximate surface area is 111 Å². The van der Waals surface area contributed by atoms with Gasteiger partial charge in [-0.15, -0.1) is 0 Å². The molecule has 0 saturated heterocycles. The van der Waals surface area contributed by atoms with Gasteiger partial charge in [0, 0.05) is 35.5 Å². The van der Waals surface area contributed by atoms with Gasteiger partial charge < -0.3 is 10.7 Å². The van der Waals surface area contributed by atoms with Crippen LogP contribution >= 0.6 is 0 Å². The maximum atomic E-state index is 13.2. The fourth-order valence-electron chi connectivity index (χ4n) is 2.95. The first kappa shape index (κ1) is 12.6. The molecule has 0 atom stereocenters. The van der Waals surface area contributed by atoms with E-state index in [1.54, 1.807) is 0 Å². The third-order valence-electron chi connectivity index (χ3n) is 4.19. The number of para-hydroxylation sites is 1. The Bertz CT molecular complexity index is 579. The lowest BCUT2D eigenvalue weighted by molar-refractivity contribution is -0.0504. The average molecular weight is 264 g/mol. The van der Waals surface area contributed by atoms with Gasteiger partial charge in [-0.1, -0.05) is 18.2 Å². The summed E-state index contributed by atoms with van der Waals surface area (Å²) in [5, 5.41) is 1.14. The van der Waals surface area contributed by atoms with Crippen molar-refractivity contribution in [3.63, 3.8) is 0 Å². The molecule has 3 N–H and O–H groups in total. The molecule has 1 aliphatic carbocycles. The molecule has 1 aliphatic rings. The molecule has 1 aromatic heterocycles. The van der Waals surface area contributed by atoms with Crippen LogP contribution in [0.5, 0.6) is 0 Å². The summed E-state index contributed by atoms with van der Waals surface area (Å²) in [7, 11) is 0. The molecule has 0 unspecified atom stereocenters. The zero-order valence-corrected chi connectivity index (χ0v) is 10.8. The summed E-state index contributed by atoms with van der Waals surface area (Å²) in [5.41, 5.74) is 8.02. The van der Waals surface area contributed by atoms with Gasteiger partial charge in [0.1, 0.15) is 0 Å². The number of hydrogen-bond donors (Lipinski definition) is 2. The number of hydrogen-bond acceptors (Lipinski definition) is 1. The Kier molecular flexibility index (Phi) is 2.86. The molecule has 0 radical (unpaired) electrons. The number of nitrogens with two attached hydrogens (primary N) is 1. The Morgan fingerprint density at radius 1 is 1.11 bits per heavy atom. The smallest absolute Gasteiger partial charge is 0.248 e. The molecule has 19 heavy (non-hydrogen) atoms. The van der Waals surface area contributed by atoms with Crippen molar-refractivity contribution in [2.24, 2.45) is 5.73 Å². The molecule has 3 rings (SSSR count). The number of alkyl halides is 2. The molecule has 2 nitrogen and oxygen atoms in total. The van der Waals surface area contributed by atoms with E-state index in [1.807, 2.05) is 30.5 Å². The van der Waals surface area contributed by atoms with Gasteiger partial charge >= 0.3 is 0 Å². The predicted octanol–water partition coefficient (Wildman–Crippen LogP) is 3.62. The van der Waals surface area contributed by atoms with Crippen molar-refractivity contribution in [2.75, 3.05) is 0 Å². The van der Waals surface area contributed by atoms with Crippen LogP contribution in [0.1, 0.15) is 31.2 Å². The molecular formula is C15H18F2N2. The lowest BCUT2D eigenvalue weighted by Crippen LogP contribution is -2.47. The number of benzene rings is 1. The minimum atomic E-state index is -2.52. The minimum absolute atomic E-state index is 0.0914. The number of H-pyrrole nitrogens is 1. The van der Waals surface area contributed by atoms with E-state index in [1.165, 1.54) is 0 Å². The van der Waals surface area contributed by atoms with Crippen molar-refractivity contribution in [2.45, 2.75) is 43.6 Å². The maximum absolute atomic E-state index is 13.2. The van der Waals surface area contributed by atoms with E-state index in [4.69, 9.17) is 5.73 Å². The van der Waals surface area contributed by atoms with E-state index in [2.05, 4.69) is 4.98 Å². The minimum Gasteiger partial charge on any atom is -0.361 e. The van der Waals surface area contributed by atoms with Gasteiger partial charge in [0.2, 0.25) is 5.92 Å². The van der Waals surface area contributed by atoms with Crippen LogP contribution in [0.4, 0.5) is 8.78 Å². The van der Waals surface area contributed by atoms with E-state index in [0.717, 1.165) is 16.5 Å². The third-order valence-corrected chi connectivity index (χ3v) is 4.19. The molecule has 4 heteroatoms. The van der Waals surface area contributed by atoms with E-state index in [0.29, 0.717) is 19.3 Å². The average Bonchev–Trinajstić information content (AvgIpc) is 2.78. The second-order valence-corrected chi connectivity index (χ2v) is 5.75. The van der Waals surface area contributed by atoms with Crippen molar-refractivity contribution >= 4 is 10.9 Å². The summed E-state index contributed by atoms with van der Waals surface area (Å²) in [6, 6.07) is 8.01. The summed E-state index contributed by atoms with van der Waals surface area (Å²) < 4.78 is 26.4. The molecule has 1 aromatic carbocycles. The number of fused-ring (bicyclic) bond motifs is 1. The highest BCUT2D eigenvalue weighted by molar-refractivity contribution is 5.83. The second-order valence-electron chi connectivity index (χ2n) is 5.75. The first-order valence-electron chi connectivity index (χ1n) is 6.69. The molecule has 0 bridgehead atoms. The Morgan fingerprint density at radius 3 is 2.53 bits per heavy atom. The topological polar surface area (TPSA) is 41.8 Å². The van der Waals surface area contributed by atoms with E-state index >= 15 is 0 Å². The lowest BCUT2D eigenvalue weighted by atomic mass is 9.77. The highest BCUT2D eigenvalue weighted by Crippen LogP contribution is 2.39. The summed E-state index contributed by atoms with van der Waals surface area (Å²) >= 11 is 0. The monoisotopic (exact) mass is 264 g/mol. The third kappa shape index (κ3) is 2.50. The Hall–Kier alpha value is -1.42. The van der Waals surface area contributed by atoms with Crippen LogP contribution in [0.2, 0.25) is 0 Å². The van der Waals surface area contributed by atoms with E-state index in [-0.39, 0.29) is 12.8 Å². The largest absolute Gasteiger partial charge is 0.361 e. The van der Waals surface area contributed by atoms with Gasteiger partial charge in [-0.25, -0.2) is 8.78 Å². The van der Waals surface area contributed by atoms with Crippen molar-refractivity contribution in [3.05, 3.63) is 36.0 Å². The van der Waals surface area contributed by atoms with Gasteiger partial charge in [-0.2, -0.15) is 0 Å². The zero-order chi connectivity index (χ0) is 13.5. The first-order valence-corrected chi connectivity index (χ1v) is 6.69. The number of halogens is 2. The summed E-state index contributed by atoms with van der Waals surface area (Å²) in [6.45, 7) is 0. The SMILES string of the molecule is NC1(Cc2c[nH]c3ccccc23)CCC(F)(F)CC1. The summed E-state index contributed by atoms with van der Waals surface area (Å²) in [4.78, 5) is 3.21. The normalized spacial score (nSPS) is 21.6. The van der Waals surface area contributed by atoms with Gasteiger partial charge in [-0.05, 0) is 30.9 Å². The van der Waals surface area contributed by atoms with E-state index in [9.17, 15) is 8.78 Å². The molecule has 102 valence electrons. The first-order chi connectivity index (χ1) is 8.98. The second kappa shape index (κ2) is 4.30. The fourth-order valence-corrected chi connectivity index (χ4v) is 2.95. The number of aromatic nitrogens is 1. The van der Waals surface area contributed by atoms with Crippen LogP contribution in [0.3, 0.4) is 0 Å². The van der Waals surface area contributed by atoms with Crippen LogP contribution in [0.25, 0.3) is 10.9 Å². The maximum Gasteiger partial charge on any atom is 0.248 e. The van der Waals surface area contributed by atoms with Crippen LogP contribution in [0, 0.1) is 0 Å².